The first-order valence-electron chi connectivity index (χ1n) is 9.48. The molecule has 6 nitrogen and oxygen atoms in total. The summed E-state index contributed by atoms with van der Waals surface area (Å²) >= 11 is 0. The molecule has 0 fully saturated rings. The van der Waals surface area contributed by atoms with Gasteiger partial charge in [0, 0.05) is 5.39 Å². The smallest absolute Gasteiger partial charge is 0.414 e. The molecule has 0 aliphatic rings. The molecule has 31 heavy (non-hydrogen) atoms. The molecule has 1 heterocycles. The Morgan fingerprint density at radius 2 is 1.71 bits per heavy atom. The quantitative estimate of drug-likeness (QED) is 0.645. The van der Waals surface area contributed by atoms with E-state index in [-0.39, 0.29) is 5.52 Å². The molecule has 2 N–H and O–H groups in total. The number of carboxylic acid groups (broad SMARTS) is 1. The van der Waals surface area contributed by atoms with Gasteiger partial charge in [-0.05, 0) is 52.3 Å². The number of hydrogen-bond donors (Lipinski definition) is 2. The Bertz CT molecular complexity index is 1010. The lowest BCUT2D eigenvalue weighted by atomic mass is 9.92. The van der Waals surface area contributed by atoms with E-state index in [9.17, 15) is 27.9 Å². The van der Waals surface area contributed by atoms with Crippen LogP contribution in [0.5, 0.6) is 0 Å². The molecule has 0 radical (unpaired) electrons. The van der Waals surface area contributed by atoms with Crippen LogP contribution in [-0.4, -0.2) is 33.9 Å². The van der Waals surface area contributed by atoms with Gasteiger partial charge in [0.2, 0.25) is 0 Å². The fourth-order valence-electron chi connectivity index (χ4n) is 2.54. The summed E-state index contributed by atoms with van der Waals surface area (Å²) in [5.41, 5.74) is -1.61. The number of aliphatic carboxylic acids is 1. The number of aromatic nitrogens is 1. The topological polar surface area (TPSA) is 88.5 Å². The first-order valence-corrected chi connectivity index (χ1v) is 9.48. The number of carbonyl (C=O) groups is 2. The minimum absolute atomic E-state index is 0.271. The van der Waals surface area contributed by atoms with Gasteiger partial charge in [-0.15, -0.1) is 0 Å². The van der Waals surface area contributed by atoms with Crippen LogP contribution in [0.15, 0.2) is 36.4 Å². The van der Waals surface area contributed by atoms with Crippen LogP contribution < -0.4 is 5.32 Å². The van der Waals surface area contributed by atoms with Crippen LogP contribution in [0.4, 0.5) is 18.0 Å². The molecule has 0 unspecified atom stereocenters. The summed E-state index contributed by atoms with van der Waals surface area (Å²) in [4.78, 5) is 27.2. The van der Waals surface area contributed by atoms with Gasteiger partial charge >= 0.3 is 18.2 Å². The average molecular weight is 438 g/mol. The summed E-state index contributed by atoms with van der Waals surface area (Å²) in [5, 5.41) is 11.6. The number of alkyl carbamates (subject to hydrolysis) is 1. The van der Waals surface area contributed by atoms with Crippen molar-refractivity contribution in [3.63, 3.8) is 0 Å². The predicted molar refractivity (Wildman–Crippen MR) is 110 cm³/mol. The second-order valence-electron chi connectivity index (χ2n) is 8.67. The Hall–Kier alpha value is -3.10. The Balaban J connectivity index is 2.40. The van der Waals surface area contributed by atoms with Gasteiger partial charge in [0.25, 0.3) is 0 Å². The van der Waals surface area contributed by atoms with E-state index in [0.29, 0.717) is 10.9 Å². The number of pyridine rings is 1. The van der Waals surface area contributed by atoms with E-state index in [1.807, 2.05) is 5.32 Å². The number of nitrogens with one attached hydrogen (secondary N) is 1. The summed E-state index contributed by atoms with van der Waals surface area (Å²) in [6.45, 7) is 7.69. The van der Waals surface area contributed by atoms with Crippen LogP contribution >= 0.6 is 0 Å². The van der Waals surface area contributed by atoms with Gasteiger partial charge < -0.3 is 15.2 Å². The molecule has 1 aromatic heterocycles. The predicted octanol–water partition coefficient (Wildman–Crippen LogP) is 5.49. The number of ether oxygens (including phenoxy) is 1. The third-order valence-corrected chi connectivity index (χ3v) is 4.27. The average Bonchev–Trinajstić information content (AvgIpc) is 2.61. The maximum Gasteiger partial charge on any atom is 0.414 e. The fourth-order valence-corrected chi connectivity index (χ4v) is 2.54. The highest BCUT2D eigenvalue weighted by Gasteiger charge is 2.43. The first-order chi connectivity index (χ1) is 14.1. The molecule has 0 bridgehead atoms. The normalized spacial score (nSPS) is 13.9. The number of carbonyl (C=O) groups excluding carboxylic acids is 1. The Kier molecular flexibility index (Phi) is 6.68. The van der Waals surface area contributed by atoms with Crippen molar-refractivity contribution < 1.29 is 32.6 Å². The third-order valence-electron chi connectivity index (χ3n) is 4.27. The lowest BCUT2D eigenvalue weighted by Gasteiger charge is -2.25. The number of amides is 1. The Labute approximate surface area is 178 Å². The molecule has 1 amide bonds. The van der Waals surface area contributed by atoms with Gasteiger partial charge in [0.1, 0.15) is 5.60 Å². The van der Waals surface area contributed by atoms with Gasteiger partial charge in [-0.25, -0.2) is 4.79 Å². The summed E-state index contributed by atoms with van der Waals surface area (Å²) in [5.74, 6) is -1.01. The van der Waals surface area contributed by atoms with Gasteiger partial charge in [0.15, 0.2) is 6.04 Å². The van der Waals surface area contributed by atoms with Gasteiger partial charge in [0.05, 0.1) is 16.6 Å². The van der Waals surface area contributed by atoms with E-state index in [1.54, 1.807) is 45.0 Å². The van der Waals surface area contributed by atoms with Crippen molar-refractivity contribution in [3.8, 4) is 0 Å². The minimum atomic E-state index is -4.79. The molecule has 2 rings (SSSR count). The van der Waals surface area contributed by atoms with Crippen LogP contribution in [0.3, 0.4) is 0 Å². The van der Waals surface area contributed by atoms with Gasteiger partial charge in [-0.1, -0.05) is 30.4 Å². The molecule has 0 spiro atoms. The van der Waals surface area contributed by atoms with Crippen LogP contribution in [0.1, 0.15) is 51.9 Å². The highest BCUT2D eigenvalue weighted by molar-refractivity contribution is 5.82. The van der Waals surface area contributed by atoms with Crippen LogP contribution in [0.25, 0.3) is 17.0 Å². The number of benzene rings is 1. The maximum absolute atomic E-state index is 13.6. The number of alkyl halides is 3. The Morgan fingerprint density at radius 3 is 2.26 bits per heavy atom. The summed E-state index contributed by atoms with van der Waals surface area (Å²) in [7, 11) is 0. The zero-order chi connectivity index (χ0) is 23.6. The molecule has 0 saturated carbocycles. The fraction of sp³-hybridized carbons (Fsp3) is 0.409. The molecule has 1 atom stereocenters. The van der Waals surface area contributed by atoms with Gasteiger partial charge in [-0.3, -0.25) is 9.78 Å². The standard InChI is InChI=1S/C22H25F3N2O4/c1-20(2,3)31-19(30)27-17(22(23,24)25)15-9-8-14-7-6-13(12-16(14)26-15)10-11-21(4,5)18(28)29/h6-12,17H,1-5H3,(H,27,30)(H,28,29)/b11-10+/t17-/m0/s1. The van der Waals surface area contributed by atoms with Crippen LogP contribution in [-0.2, 0) is 9.53 Å². The number of rotatable bonds is 5. The zero-order valence-corrected chi connectivity index (χ0v) is 17.9. The first kappa shape index (κ1) is 24.2. The molecule has 0 aliphatic carbocycles. The van der Waals surface area contributed by atoms with Crippen LogP contribution in [0.2, 0.25) is 0 Å². The minimum Gasteiger partial charge on any atom is -0.481 e. The van der Waals surface area contributed by atoms with Crippen molar-refractivity contribution in [2.75, 3.05) is 0 Å². The van der Waals surface area contributed by atoms with E-state index in [1.165, 1.54) is 32.1 Å². The van der Waals surface area contributed by atoms with Crippen molar-refractivity contribution in [2.24, 2.45) is 5.41 Å². The summed E-state index contributed by atoms with van der Waals surface area (Å²) in [6.07, 6.45) is -2.93. The lowest BCUT2D eigenvalue weighted by Crippen LogP contribution is -2.41. The second-order valence-corrected chi connectivity index (χ2v) is 8.67. The van der Waals surface area contributed by atoms with Crippen LogP contribution in [0, 0.1) is 5.41 Å². The van der Waals surface area contributed by atoms with Gasteiger partial charge in [-0.2, -0.15) is 13.2 Å². The van der Waals surface area contributed by atoms with Crippen molar-refractivity contribution >= 4 is 29.0 Å². The number of halogens is 3. The van der Waals surface area contributed by atoms with E-state index in [2.05, 4.69) is 4.98 Å². The SMILES string of the molecule is CC(C)(C)OC(=O)N[C@@H](c1ccc2ccc(/C=C/C(C)(C)C(=O)O)cc2n1)C(F)(F)F. The number of fused-ring (bicyclic) bond motifs is 1. The zero-order valence-electron chi connectivity index (χ0n) is 17.9. The second kappa shape index (κ2) is 8.56. The highest BCUT2D eigenvalue weighted by Crippen LogP contribution is 2.33. The molecular formula is C22H25F3N2O4. The van der Waals surface area contributed by atoms with Crippen molar-refractivity contribution in [2.45, 2.75) is 52.4 Å². The lowest BCUT2D eigenvalue weighted by molar-refractivity contribution is -0.157. The highest BCUT2D eigenvalue weighted by atomic mass is 19.4. The number of nitrogens with zero attached hydrogens (tertiary/aromatic N) is 1. The van der Waals surface area contributed by atoms with Crippen molar-refractivity contribution in [3.05, 3.63) is 47.7 Å². The maximum atomic E-state index is 13.6. The number of carboxylic acids is 1. The van der Waals surface area contributed by atoms with E-state index in [0.717, 1.165) is 0 Å². The molecule has 1 aromatic carbocycles. The molecule has 9 heteroatoms. The van der Waals surface area contributed by atoms with Crippen molar-refractivity contribution in [1.82, 2.24) is 10.3 Å². The van der Waals surface area contributed by atoms with E-state index >= 15 is 0 Å². The summed E-state index contributed by atoms with van der Waals surface area (Å²) in [6, 6.07) is 5.25. The molecule has 0 aliphatic heterocycles. The molecule has 168 valence electrons. The van der Waals surface area contributed by atoms with E-state index in [4.69, 9.17) is 4.74 Å². The monoisotopic (exact) mass is 438 g/mol. The van der Waals surface area contributed by atoms with Crippen molar-refractivity contribution in [1.29, 1.82) is 0 Å². The van der Waals surface area contributed by atoms with E-state index < -0.39 is 41.0 Å². The Morgan fingerprint density at radius 1 is 1.10 bits per heavy atom. The molecule has 0 saturated heterocycles. The molecular weight excluding hydrogens is 413 g/mol. The molecule has 2 aromatic rings. The largest absolute Gasteiger partial charge is 0.481 e. The summed E-state index contributed by atoms with van der Waals surface area (Å²) < 4.78 is 45.8. The third kappa shape index (κ3) is 6.70. The number of hydrogen-bond acceptors (Lipinski definition) is 4.